The number of anilines is 1. The molecule has 2 N–H and O–H groups in total. The van der Waals surface area contributed by atoms with E-state index in [1.54, 1.807) is 12.4 Å². The highest BCUT2D eigenvalue weighted by Gasteiger charge is 2.27. The lowest BCUT2D eigenvalue weighted by Gasteiger charge is -2.12. The third-order valence-electron chi connectivity index (χ3n) is 4.46. The number of rotatable bonds is 5. The molecule has 1 fully saturated rings. The van der Waals surface area contributed by atoms with Gasteiger partial charge in [0.15, 0.2) is 5.82 Å². The second-order valence-electron chi connectivity index (χ2n) is 6.39. The largest absolute Gasteiger partial charge is 0.326 e. The van der Waals surface area contributed by atoms with Gasteiger partial charge in [0.1, 0.15) is 5.82 Å². The first kappa shape index (κ1) is 15.5. The first-order valence-electron chi connectivity index (χ1n) is 8.44. The van der Waals surface area contributed by atoms with Crippen molar-refractivity contribution < 1.29 is 4.79 Å². The van der Waals surface area contributed by atoms with Crippen LogP contribution in [-0.2, 0) is 4.79 Å². The van der Waals surface area contributed by atoms with Crippen LogP contribution in [0.1, 0.15) is 43.0 Å². The Morgan fingerprint density at radius 2 is 2.04 bits per heavy atom. The topological polar surface area (TPSA) is 83.6 Å². The molecule has 6 nitrogen and oxygen atoms in total. The third-order valence-corrected chi connectivity index (χ3v) is 4.46. The molecule has 0 aliphatic heterocycles. The summed E-state index contributed by atoms with van der Waals surface area (Å²) in [5.41, 5.74) is 2.58. The van der Waals surface area contributed by atoms with Gasteiger partial charge in [0.2, 0.25) is 5.91 Å². The summed E-state index contributed by atoms with van der Waals surface area (Å²) < 4.78 is 0. The highest BCUT2D eigenvalue weighted by Crippen LogP contribution is 2.38. The van der Waals surface area contributed by atoms with Crippen LogP contribution in [0.2, 0.25) is 0 Å². The van der Waals surface area contributed by atoms with Crippen LogP contribution in [0.15, 0.2) is 48.8 Å². The third kappa shape index (κ3) is 3.42. The van der Waals surface area contributed by atoms with Gasteiger partial charge < -0.3 is 5.32 Å². The van der Waals surface area contributed by atoms with Gasteiger partial charge in [-0.3, -0.25) is 14.9 Å². The first-order valence-corrected chi connectivity index (χ1v) is 8.44. The van der Waals surface area contributed by atoms with Crippen LogP contribution in [-0.4, -0.2) is 26.1 Å². The lowest BCUT2D eigenvalue weighted by molar-refractivity contribution is -0.117. The number of nitrogens with one attached hydrogen (secondary N) is 2. The van der Waals surface area contributed by atoms with E-state index in [0.717, 1.165) is 22.6 Å². The molecule has 0 spiro atoms. The van der Waals surface area contributed by atoms with E-state index < -0.39 is 0 Å². The molecule has 1 aliphatic rings. The second kappa shape index (κ2) is 6.47. The van der Waals surface area contributed by atoms with E-state index in [4.69, 9.17) is 0 Å². The van der Waals surface area contributed by atoms with E-state index in [-0.39, 0.29) is 11.8 Å². The Hall–Kier alpha value is -3.02. The maximum absolute atomic E-state index is 12.4. The Balaban J connectivity index is 1.43. The molecule has 1 atom stereocenters. The Kier molecular flexibility index (Phi) is 4.01. The lowest BCUT2D eigenvalue weighted by Crippen LogP contribution is -2.18. The minimum atomic E-state index is -0.262. The normalized spacial score (nSPS) is 14.9. The summed E-state index contributed by atoms with van der Waals surface area (Å²) in [5, 5.41) is 10.2. The molecule has 1 amide bonds. The summed E-state index contributed by atoms with van der Waals surface area (Å²) in [4.78, 5) is 21.0. The maximum atomic E-state index is 12.4. The van der Waals surface area contributed by atoms with E-state index in [1.165, 1.54) is 12.8 Å². The summed E-state index contributed by atoms with van der Waals surface area (Å²) in [5.74, 6) is 1.90. The monoisotopic (exact) mass is 333 g/mol. The second-order valence-corrected chi connectivity index (χ2v) is 6.39. The minimum absolute atomic E-state index is 0.0605. The highest BCUT2D eigenvalue weighted by atomic mass is 16.1. The zero-order valence-corrected chi connectivity index (χ0v) is 13.9. The van der Waals surface area contributed by atoms with Gasteiger partial charge in [-0.2, -0.15) is 5.10 Å². The number of amides is 1. The molecule has 126 valence electrons. The number of hydrogen-bond donors (Lipinski definition) is 2. The number of H-pyrrole nitrogens is 1. The van der Waals surface area contributed by atoms with Gasteiger partial charge in [-0.1, -0.05) is 6.07 Å². The van der Waals surface area contributed by atoms with E-state index in [2.05, 4.69) is 25.5 Å². The maximum Gasteiger partial charge on any atom is 0.231 e. The van der Waals surface area contributed by atoms with Gasteiger partial charge in [-0.25, -0.2) is 4.98 Å². The van der Waals surface area contributed by atoms with E-state index in [1.807, 2.05) is 43.3 Å². The van der Waals surface area contributed by atoms with Crippen molar-refractivity contribution in [3.8, 4) is 11.4 Å². The van der Waals surface area contributed by atoms with Gasteiger partial charge in [0, 0.05) is 29.6 Å². The molecule has 2 aromatic heterocycles. The molecule has 25 heavy (non-hydrogen) atoms. The number of hydrogen-bond acceptors (Lipinski definition) is 4. The van der Waals surface area contributed by atoms with Crippen molar-refractivity contribution in [1.29, 1.82) is 0 Å². The van der Waals surface area contributed by atoms with Crippen LogP contribution in [0, 0.1) is 0 Å². The minimum Gasteiger partial charge on any atom is -0.326 e. The van der Waals surface area contributed by atoms with Gasteiger partial charge >= 0.3 is 0 Å². The molecule has 3 aromatic rings. The number of aromatic nitrogens is 4. The van der Waals surface area contributed by atoms with Gasteiger partial charge in [-0.05, 0) is 55.7 Å². The van der Waals surface area contributed by atoms with E-state index >= 15 is 0 Å². The van der Waals surface area contributed by atoms with Gasteiger partial charge in [-0.15, -0.1) is 0 Å². The van der Waals surface area contributed by atoms with E-state index in [9.17, 15) is 4.79 Å². The number of carbonyl (C=O) groups excluding carboxylic acids is 1. The summed E-state index contributed by atoms with van der Waals surface area (Å²) in [7, 11) is 0. The fourth-order valence-electron chi connectivity index (χ4n) is 2.68. The zero-order chi connectivity index (χ0) is 17.2. The van der Waals surface area contributed by atoms with Crippen LogP contribution >= 0.6 is 0 Å². The average molecular weight is 333 g/mol. The van der Waals surface area contributed by atoms with Gasteiger partial charge in [0.05, 0.1) is 5.92 Å². The molecular weight excluding hydrogens is 314 g/mol. The number of nitrogens with zero attached hydrogens (tertiary/aromatic N) is 3. The van der Waals surface area contributed by atoms with Crippen LogP contribution in [0.25, 0.3) is 11.4 Å². The molecule has 0 bridgehead atoms. The fourth-order valence-corrected chi connectivity index (χ4v) is 2.68. The van der Waals surface area contributed by atoms with Crippen molar-refractivity contribution in [3.05, 3.63) is 60.2 Å². The van der Waals surface area contributed by atoms with Crippen molar-refractivity contribution in [2.45, 2.75) is 31.6 Å². The molecule has 0 saturated heterocycles. The molecule has 4 rings (SSSR count). The zero-order valence-electron chi connectivity index (χ0n) is 13.9. The van der Waals surface area contributed by atoms with Crippen LogP contribution < -0.4 is 5.32 Å². The Labute approximate surface area is 145 Å². The molecule has 1 aromatic carbocycles. The Bertz CT molecular complexity index is 868. The van der Waals surface area contributed by atoms with Crippen LogP contribution in [0.4, 0.5) is 5.69 Å². The van der Waals surface area contributed by atoms with Crippen molar-refractivity contribution in [2.75, 3.05) is 5.32 Å². The summed E-state index contributed by atoms with van der Waals surface area (Å²) in [6, 6.07) is 11.3. The number of pyridine rings is 1. The molecular formula is C19H19N5O. The molecule has 1 saturated carbocycles. The highest BCUT2D eigenvalue weighted by molar-refractivity contribution is 5.95. The summed E-state index contributed by atoms with van der Waals surface area (Å²) >= 11 is 0. The first-order chi connectivity index (χ1) is 12.2. The molecule has 2 heterocycles. The molecule has 1 aliphatic carbocycles. The summed E-state index contributed by atoms with van der Waals surface area (Å²) in [6.07, 6.45) is 5.79. The lowest BCUT2D eigenvalue weighted by atomic mass is 10.0. The predicted molar refractivity (Wildman–Crippen MR) is 95.1 cm³/mol. The number of aromatic amines is 1. The summed E-state index contributed by atoms with van der Waals surface area (Å²) in [6.45, 7) is 1.87. The van der Waals surface area contributed by atoms with Crippen molar-refractivity contribution in [2.24, 2.45) is 0 Å². The number of benzene rings is 1. The average Bonchev–Trinajstić information content (AvgIpc) is 3.39. The smallest absolute Gasteiger partial charge is 0.231 e. The standard InChI is InChI=1S/C19H19N5O/c1-12(15-3-2-10-20-11-15)19(25)21-16-8-6-14(7-9-16)18-22-17(23-24-18)13-4-5-13/h2-3,6-13H,4-5H2,1H3,(H,21,25)(H,22,23,24). The van der Waals surface area contributed by atoms with Crippen molar-refractivity contribution >= 4 is 11.6 Å². The van der Waals surface area contributed by atoms with Crippen LogP contribution in [0.3, 0.4) is 0 Å². The molecule has 1 unspecified atom stereocenters. The Morgan fingerprint density at radius 1 is 1.24 bits per heavy atom. The quantitative estimate of drug-likeness (QED) is 0.748. The van der Waals surface area contributed by atoms with Crippen molar-refractivity contribution in [3.63, 3.8) is 0 Å². The Morgan fingerprint density at radius 3 is 2.72 bits per heavy atom. The number of carbonyl (C=O) groups is 1. The van der Waals surface area contributed by atoms with Crippen LogP contribution in [0.5, 0.6) is 0 Å². The fraction of sp³-hybridized carbons (Fsp3) is 0.263. The molecule has 0 radical (unpaired) electrons. The van der Waals surface area contributed by atoms with Crippen molar-refractivity contribution in [1.82, 2.24) is 20.2 Å². The predicted octanol–water partition coefficient (Wildman–Crippen LogP) is 3.49. The van der Waals surface area contributed by atoms with E-state index in [0.29, 0.717) is 11.7 Å². The molecule has 6 heteroatoms. The van der Waals surface area contributed by atoms with Gasteiger partial charge in [0.25, 0.3) is 0 Å². The SMILES string of the molecule is CC(C(=O)Nc1ccc(-c2n[nH]c(C3CC3)n2)cc1)c1cccnc1.